The summed E-state index contributed by atoms with van der Waals surface area (Å²) in [7, 11) is 1.62. The summed E-state index contributed by atoms with van der Waals surface area (Å²) in [6.07, 6.45) is 0.226. The van der Waals surface area contributed by atoms with Crippen molar-refractivity contribution in [2.75, 3.05) is 13.6 Å². The van der Waals surface area contributed by atoms with Crippen molar-refractivity contribution in [3.05, 3.63) is 37.1 Å². The molecule has 0 saturated heterocycles. The summed E-state index contributed by atoms with van der Waals surface area (Å²) in [6, 6.07) is 0. The highest BCUT2D eigenvalue weighted by Gasteiger charge is 2.35. The lowest BCUT2D eigenvalue weighted by molar-refractivity contribution is -0.148. The summed E-state index contributed by atoms with van der Waals surface area (Å²) >= 11 is 0. The van der Waals surface area contributed by atoms with Crippen LogP contribution in [0.3, 0.4) is 0 Å². The third-order valence-electron chi connectivity index (χ3n) is 1.82. The standard InChI is InChI=1S/C11H17F3N2O/c1-3-4-5-9(11(12,13)14)6-7-16-10(17)8-15-2/h3-7,9-10,15-17H,1,8H2,2H3/b5-4?,7-6+. The van der Waals surface area contributed by atoms with Crippen LogP contribution >= 0.6 is 0 Å². The maximum atomic E-state index is 12.5. The van der Waals surface area contributed by atoms with Crippen molar-refractivity contribution in [3.8, 4) is 0 Å². The van der Waals surface area contributed by atoms with E-state index in [1.54, 1.807) is 7.05 Å². The van der Waals surface area contributed by atoms with Crippen LogP contribution in [-0.2, 0) is 0 Å². The summed E-state index contributed by atoms with van der Waals surface area (Å²) in [5.74, 6) is -1.70. The van der Waals surface area contributed by atoms with Crippen LogP contribution < -0.4 is 10.6 Å². The van der Waals surface area contributed by atoms with Gasteiger partial charge in [-0.1, -0.05) is 30.9 Å². The molecule has 98 valence electrons. The molecule has 0 aromatic rings. The first-order valence-corrected chi connectivity index (χ1v) is 5.03. The van der Waals surface area contributed by atoms with Crippen molar-refractivity contribution in [1.82, 2.24) is 10.6 Å². The smallest absolute Gasteiger partial charge is 0.372 e. The number of aliphatic hydroxyl groups is 1. The fourth-order valence-electron chi connectivity index (χ4n) is 1.00. The molecule has 3 N–H and O–H groups in total. The number of aliphatic hydroxyl groups excluding tert-OH is 1. The van der Waals surface area contributed by atoms with E-state index in [2.05, 4.69) is 17.2 Å². The number of allylic oxidation sites excluding steroid dienone is 4. The molecule has 6 heteroatoms. The Balaban J connectivity index is 4.38. The molecular formula is C11H17F3N2O. The van der Waals surface area contributed by atoms with Crippen molar-refractivity contribution in [3.63, 3.8) is 0 Å². The Kier molecular flexibility index (Phi) is 7.32. The third-order valence-corrected chi connectivity index (χ3v) is 1.82. The van der Waals surface area contributed by atoms with Gasteiger partial charge in [-0.05, 0) is 13.2 Å². The minimum absolute atomic E-state index is 0.240. The molecule has 0 saturated carbocycles. The average Bonchev–Trinajstić information content (AvgIpc) is 2.21. The Morgan fingerprint density at radius 2 is 2.00 bits per heavy atom. The van der Waals surface area contributed by atoms with Crippen LogP contribution in [0, 0.1) is 5.92 Å². The highest BCUT2D eigenvalue weighted by atomic mass is 19.4. The van der Waals surface area contributed by atoms with E-state index in [1.807, 2.05) is 0 Å². The number of hydrogen-bond acceptors (Lipinski definition) is 3. The van der Waals surface area contributed by atoms with Crippen molar-refractivity contribution in [1.29, 1.82) is 0 Å². The Labute approximate surface area is 98.7 Å². The van der Waals surface area contributed by atoms with Gasteiger partial charge in [-0.25, -0.2) is 0 Å². The van der Waals surface area contributed by atoms with E-state index in [-0.39, 0.29) is 6.54 Å². The van der Waals surface area contributed by atoms with Gasteiger partial charge in [0.15, 0.2) is 0 Å². The van der Waals surface area contributed by atoms with Crippen LogP contribution in [0.2, 0.25) is 0 Å². The normalized spacial score (nSPS) is 16.3. The molecule has 0 radical (unpaired) electrons. The van der Waals surface area contributed by atoms with Gasteiger partial charge >= 0.3 is 6.18 Å². The highest BCUT2D eigenvalue weighted by Crippen LogP contribution is 2.28. The van der Waals surface area contributed by atoms with Crippen LogP contribution in [0.5, 0.6) is 0 Å². The molecule has 0 aliphatic carbocycles. The number of likely N-dealkylation sites (N-methyl/N-ethyl adjacent to an activating group) is 1. The number of rotatable bonds is 7. The molecule has 0 spiro atoms. The first kappa shape index (κ1) is 15.7. The Bertz CT molecular complexity index is 274. The Morgan fingerprint density at radius 1 is 1.35 bits per heavy atom. The predicted octanol–water partition coefficient (Wildman–Crippen LogP) is 1.55. The van der Waals surface area contributed by atoms with E-state index in [0.717, 1.165) is 18.4 Å². The van der Waals surface area contributed by atoms with Crippen molar-refractivity contribution in [2.45, 2.75) is 12.4 Å². The number of hydrogen-bond donors (Lipinski definition) is 3. The predicted molar refractivity (Wildman–Crippen MR) is 61.1 cm³/mol. The lowest BCUT2D eigenvalue weighted by Gasteiger charge is -2.14. The van der Waals surface area contributed by atoms with E-state index in [9.17, 15) is 18.3 Å². The van der Waals surface area contributed by atoms with Crippen molar-refractivity contribution < 1.29 is 18.3 Å². The van der Waals surface area contributed by atoms with Crippen LogP contribution in [0.4, 0.5) is 13.2 Å². The SMILES string of the molecule is C=CC=CC(/C=C/NC(O)CNC)C(F)(F)F. The van der Waals surface area contributed by atoms with E-state index in [0.29, 0.717) is 0 Å². The van der Waals surface area contributed by atoms with Gasteiger partial charge in [-0.2, -0.15) is 13.2 Å². The summed E-state index contributed by atoms with van der Waals surface area (Å²) in [4.78, 5) is 0. The molecule has 0 aliphatic rings. The van der Waals surface area contributed by atoms with Crippen LogP contribution in [-0.4, -0.2) is 31.1 Å². The van der Waals surface area contributed by atoms with E-state index in [4.69, 9.17) is 0 Å². The zero-order valence-corrected chi connectivity index (χ0v) is 9.54. The maximum Gasteiger partial charge on any atom is 0.398 e. The van der Waals surface area contributed by atoms with Gasteiger partial charge in [-0.3, -0.25) is 0 Å². The molecule has 0 heterocycles. The van der Waals surface area contributed by atoms with E-state index in [1.165, 1.54) is 12.2 Å². The molecule has 0 fully saturated rings. The van der Waals surface area contributed by atoms with Gasteiger partial charge in [0.2, 0.25) is 0 Å². The highest BCUT2D eigenvalue weighted by molar-refractivity contribution is 5.08. The number of nitrogens with one attached hydrogen (secondary N) is 2. The maximum absolute atomic E-state index is 12.5. The van der Waals surface area contributed by atoms with Crippen molar-refractivity contribution in [2.24, 2.45) is 5.92 Å². The van der Waals surface area contributed by atoms with Crippen LogP contribution in [0.15, 0.2) is 37.1 Å². The lowest BCUT2D eigenvalue weighted by Crippen LogP contribution is -2.34. The monoisotopic (exact) mass is 250 g/mol. The van der Waals surface area contributed by atoms with Gasteiger partial charge in [0.05, 0.1) is 5.92 Å². The molecule has 0 bridgehead atoms. The quantitative estimate of drug-likeness (QED) is 0.474. The van der Waals surface area contributed by atoms with E-state index >= 15 is 0 Å². The second-order valence-corrected chi connectivity index (χ2v) is 3.29. The zero-order chi connectivity index (χ0) is 13.3. The topological polar surface area (TPSA) is 44.3 Å². The molecule has 0 aliphatic heterocycles. The summed E-state index contributed by atoms with van der Waals surface area (Å²) < 4.78 is 37.4. The van der Waals surface area contributed by atoms with Gasteiger partial charge < -0.3 is 15.7 Å². The average molecular weight is 250 g/mol. The molecule has 0 aromatic heterocycles. The van der Waals surface area contributed by atoms with E-state index < -0.39 is 18.3 Å². The summed E-state index contributed by atoms with van der Waals surface area (Å²) in [5, 5.41) is 14.3. The largest absolute Gasteiger partial charge is 0.398 e. The summed E-state index contributed by atoms with van der Waals surface area (Å²) in [6.45, 7) is 3.55. The minimum Gasteiger partial charge on any atom is -0.372 e. The Hall–Kier alpha value is -1.27. The number of alkyl halides is 3. The second kappa shape index (κ2) is 7.92. The first-order chi connectivity index (χ1) is 7.91. The van der Waals surface area contributed by atoms with Gasteiger partial charge in [0.25, 0.3) is 0 Å². The second-order valence-electron chi connectivity index (χ2n) is 3.29. The molecule has 3 nitrogen and oxygen atoms in total. The molecule has 0 rings (SSSR count). The molecule has 0 amide bonds. The van der Waals surface area contributed by atoms with Crippen molar-refractivity contribution >= 4 is 0 Å². The molecule has 2 atom stereocenters. The fourth-order valence-corrected chi connectivity index (χ4v) is 1.00. The van der Waals surface area contributed by atoms with Gasteiger partial charge in [-0.15, -0.1) is 0 Å². The lowest BCUT2D eigenvalue weighted by atomic mass is 10.1. The van der Waals surface area contributed by atoms with Gasteiger partial charge in [0.1, 0.15) is 6.23 Å². The molecule has 17 heavy (non-hydrogen) atoms. The molecule has 0 aromatic carbocycles. The first-order valence-electron chi connectivity index (χ1n) is 5.03. The third kappa shape index (κ3) is 7.59. The fraction of sp³-hybridized carbons (Fsp3) is 0.455. The zero-order valence-electron chi connectivity index (χ0n) is 9.54. The minimum atomic E-state index is -4.36. The summed E-state index contributed by atoms with van der Waals surface area (Å²) in [5.41, 5.74) is 0. The van der Waals surface area contributed by atoms with Crippen LogP contribution in [0.25, 0.3) is 0 Å². The molecular weight excluding hydrogens is 233 g/mol. The van der Waals surface area contributed by atoms with Gasteiger partial charge in [0, 0.05) is 6.54 Å². The Morgan fingerprint density at radius 3 is 2.47 bits per heavy atom. The molecule has 2 unspecified atom stereocenters. The van der Waals surface area contributed by atoms with Crippen LogP contribution in [0.1, 0.15) is 0 Å². The number of halogens is 3.